The molecule has 5 heteroatoms. The number of fused-ring (bicyclic) bond motifs is 1. The first kappa shape index (κ1) is 13.2. The Hall–Kier alpha value is -2.82. The van der Waals surface area contributed by atoms with Crippen molar-refractivity contribution in [2.45, 2.75) is 6.92 Å². The SMILES string of the molecule is CCN(C(=O)c1[nH]ncc1N)c1cccc2ccccc12. The molecule has 0 aliphatic carbocycles. The summed E-state index contributed by atoms with van der Waals surface area (Å²) < 4.78 is 0. The second kappa shape index (κ2) is 5.28. The van der Waals surface area contributed by atoms with Crippen LogP contribution in [0, 0.1) is 0 Å². The van der Waals surface area contributed by atoms with Crippen molar-refractivity contribution >= 4 is 28.1 Å². The number of hydrogen-bond donors (Lipinski definition) is 2. The molecule has 106 valence electrons. The van der Waals surface area contributed by atoms with Gasteiger partial charge in [-0.15, -0.1) is 0 Å². The Labute approximate surface area is 122 Å². The largest absolute Gasteiger partial charge is 0.396 e. The van der Waals surface area contributed by atoms with E-state index in [1.807, 2.05) is 49.4 Å². The molecule has 3 aromatic rings. The lowest BCUT2D eigenvalue weighted by Gasteiger charge is -2.22. The molecular formula is C16H16N4O. The lowest BCUT2D eigenvalue weighted by Crippen LogP contribution is -2.31. The summed E-state index contributed by atoms with van der Waals surface area (Å²) in [4.78, 5) is 14.4. The summed E-state index contributed by atoms with van der Waals surface area (Å²) in [6.45, 7) is 2.48. The number of nitrogens with one attached hydrogen (secondary N) is 1. The first-order valence-corrected chi connectivity index (χ1v) is 6.81. The maximum Gasteiger partial charge on any atom is 0.278 e. The van der Waals surface area contributed by atoms with Gasteiger partial charge in [0.1, 0.15) is 5.69 Å². The van der Waals surface area contributed by atoms with Gasteiger partial charge in [-0.25, -0.2) is 0 Å². The van der Waals surface area contributed by atoms with Crippen LogP contribution in [0.3, 0.4) is 0 Å². The molecule has 0 saturated carbocycles. The highest BCUT2D eigenvalue weighted by Gasteiger charge is 2.21. The lowest BCUT2D eigenvalue weighted by molar-refractivity contribution is 0.0984. The second-order valence-electron chi connectivity index (χ2n) is 4.75. The summed E-state index contributed by atoms with van der Waals surface area (Å²) in [5.74, 6) is -0.177. The molecule has 21 heavy (non-hydrogen) atoms. The number of anilines is 2. The molecule has 0 aliphatic heterocycles. The summed E-state index contributed by atoms with van der Waals surface area (Å²) in [7, 11) is 0. The molecule has 1 heterocycles. The fourth-order valence-corrected chi connectivity index (χ4v) is 2.47. The van der Waals surface area contributed by atoms with E-state index in [2.05, 4.69) is 10.2 Å². The normalized spacial score (nSPS) is 10.7. The van der Waals surface area contributed by atoms with Crippen LogP contribution >= 0.6 is 0 Å². The first-order valence-electron chi connectivity index (χ1n) is 6.81. The van der Waals surface area contributed by atoms with Gasteiger partial charge in [-0.05, 0) is 18.4 Å². The molecule has 0 aliphatic rings. The summed E-state index contributed by atoms with van der Waals surface area (Å²) in [5.41, 5.74) is 7.34. The predicted octanol–water partition coefficient (Wildman–Crippen LogP) is 2.81. The van der Waals surface area contributed by atoms with Crippen LogP contribution in [-0.4, -0.2) is 22.6 Å². The van der Waals surface area contributed by atoms with E-state index in [4.69, 9.17) is 5.73 Å². The molecule has 0 bridgehead atoms. The van der Waals surface area contributed by atoms with Crippen LogP contribution in [0.25, 0.3) is 10.8 Å². The van der Waals surface area contributed by atoms with Crippen LogP contribution in [0.15, 0.2) is 48.7 Å². The summed E-state index contributed by atoms with van der Waals surface area (Å²) in [6.07, 6.45) is 1.45. The minimum absolute atomic E-state index is 0.177. The Kier molecular flexibility index (Phi) is 3.31. The maximum absolute atomic E-state index is 12.7. The fourth-order valence-electron chi connectivity index (χ4n) is 2.47. The third-order valence-electron chi connectivity index (χ3n) is 3.50. The van der Waals surface area contributed by atoms with Crippen LogP contribution in [0.4, 0.5) is 11.4 Å². The summed E-state index contributed by atoms with van der Waals surface area (Å²) in [5, 5.41) is 8.62. The number of carbonyl (C=O) groups excluding carboxylic acids is 1. The van der Waals surface area contributed by atoms with Gasteiger partial charge in [0.15, 0.2) is 0 Å². The zero-order valence-corrected chi connectivity index (χ0v) is 11.7. The Morgan fingerprint density at radius 1 is 1.24 bits per heavy atom. The minimum atomic E-state index is -0.177. The monoisotopic (exact) mass is 280 g/mol. The molecule has 5 nitrogen and oxygen atoms in total. The predicted molar refractivity (Wildman–Crippen MR) is 84.3 cm³/mol. The van der Waals surface area contributed by atoms with Crippen molar-refractivity contribution in [2.75, 3.05) is 17.2 Å². The first-order chi connectivity index (χ1) is 10.2. The molecule has 0 atom stereocenters. The lowest BCUT2D eigenvalue weighted by atomic mass is 10.1. The van der Waals surface area contributed by atoms with E-state index in [0.717, 1.165) is 16.5 Å². The van der Waals surface area contributed by atoms with Crippen molar-refractivity contribution in [1.29, 1.82) is 0 Å². The highest BCUT2D eigenvalue weighted by molar-refractivity contribution is 6.11. The quantitative estimate of drug-likeness (QED) is 0.774. The third-order valence-corrected chi connectivity index (χ3v) is 3.50. The van der Waals surface area contributed by atoms with Gasteiger partial charge in [0.2, 0.25) is 0 Å². The van der Waals surface area contributed by atoms with E-state index >= 15 is 0 Å². The standard InChI is InChI=1S/C16H16N4O/c1-2-20(16(21)15-13(17)10-18-19-15)14-9-5-7-11-6-3-4-8-12(11)14/h3-10H,2,17H2,1H3,(H,18,19). The molecule has 0 fully saturated rings. The van der Waals surface area contributed by atoms with Gasteiger partial charge in [-0.2, -0.15) is 5.10 Å². The molecule has 0 radical (unpaired) electrons. The number of rotatable bonds is 3. The van der Waals surface area contributed by atoms with E-state index in [0.29, 0.717) is 17.9 Å². The molecule has 2 aromatic carbocycles. The summed E-state index contributed by atoms with van der Waals surface area (Å²) in [6, 6.07) is 13.9. The molecule has 1 aromatic heterocycles. The highest BCUT2D eigenvalue weighted by Crippen LogP contribution is 2.28. The van der Waals surface area contributed by atoms with Gasteiger partial charge in [-0.1, -0.05) is 36.4 Å². The smallest absolute Gasteiger partial charge is 0.278 e. The topological polar surface area (TPSA) is 75.0 Å². The molecule has 0 spiro atoms. The molecule has 1 amide bonds. The average molecular weight is 280 g/mol. The van der Waals surface area contributed by atoms with Crippen LogP contribution in [0.5, 0.6) is 0 Å². The van der Waals surface area contributed by atoms with Crippen molar-refractivity contribution in [3.05, 3.63) is 54.4 Å². The maximum atomic E-state index is 12.7. The zero-order chi connectivity index (χ0) is 14.8. The van der Waals surface area contributed by atoms with Crippen LogP contribution in [0.2, 0.25) is 0 Å². The van der Waals surface area contributed by atoms with Crippen molar-refractivity contribution in [1.82, 2.24) is 10.2 Å². The Bertz CT molecular complexity index is 788. The molecular weight excluding hydrogens is 264 g/mol. The minimum Gasteiger partial charge on any atom is -0.396 e. The molecule has 3 N–H and O–H groups in total. The molecule has 3 rings (SSSR count). The number of carbonyl (C=O) groups is 1. The van der Waals surface area contributed by atoms with Gasteiger partial charge in [0.05, 0.1) is 17.6 Å². The fraction of sp³-hybridized carbons (Fsp3) is 0.125. The summed E-state index contributed by atoms with van der Waals surface area (Å²) >= 11 is 0. The Balaban J connectivity index is 2.11. The number of H-pyrrole nitrogens is 1. The second-order valence-corrected chi connectivity index (χ2v) is 4.75. The van der Waals surface area contributed by atoms with Crippen LogP contribution in [0.1, 0.15) is 17.4 Å². The number of nitrogens with zero attached hydrogens (tertiary/aromatic N) is 2. The van der Waals surface area contributed by atoms with E-state index in [1.165, 1.54) is 6.20 Å². The van der Waals surface area contributed by atoms with E-state index in [-0.39, 0.29) is 5.91 Å². The van der Waals surface area contributed by atoms with E-state index < -0.39 is 0 Å². The van der Waals surface area contributed by atoms with Gasteiger partial charge < -0.3 is 10.6 Å². The van der Waals surface area contributed by atoms with Crippen molar-refractivity contribution in [3.8, 4) is 0 Å². The number of aromatic amines is 1. The average Bonchev–Trinajstić information content (AvgIpc) is 2.94. The highest BCUT2D eigenvalue weighted by atomic mass is 16.2. The molecule has 0 saturated heterocycles. The van der Waals surface area contributed by atoms with Gasteiger partial charge in [-0.3, -0.25) is 9.89 Å². The number of nitrogen functional groups attached to an aromatic ring is 1. The Morgan fingerprint density at radius 3 is 2.71 bits per heavy atom. The number of hydrogen-bond acceptors (Lipinski definition) is 3. The molecule has 0 unspecified atom stereocenters. The Morgan fingerprint density at radius 2 is 2.00 bits per heavy atom. The van der Waals surface area contributed by atoms with Crippen molar-refractivity contribution in [2.24, 2.45) is 0 Å². The number of nitrogens with two attached hydrogens (primary N) is 1. The number of amides is 1. The van der Waals surface area contributed by atoms with Crippen molar-refractivity contribution in [3.63, 3.8) is 0 Å². The van der Waals surface area contributed by atoms with E-state index in [9.17, 15) is 4.79 Å². The number of aromatic nitrogens is 2. The van der Waals surface area contributed by atoms with Crippen LogP contribution < -0.4 is 10.6 Å². The van der Waals surface area contributed by atoms with Gasteiger partial charge in [0.25, 0.3) is 5.91 Å². The van der Waals surface area contributed by atoms with Crippen LogP contribution in [-0.2, 0) is 0 Å². The number of benzene rings is 2. The van der Waals surface area contributed by atoms with Gasteiger partial charge in [0, 0.05) is 11.9 Å². The zero-order valence-electron chi connectivity index (χ0n) is 11.7. The van der Waals surface area contributed by atoms with E-state index in [1.54, 1.807) is 4.90 Å². The van der Waals surface area contributed by atoms with Gasteiger partial charge >= 0.3 is 0 Å². The third kappa shape index (κ3) is 2.23. The van der Waals surface area contributed by atoms with Crippen molar-refractivity contribution < 1.29 is 4.79 Å².